The number of carboxylic acid groups (broad SMARTS) is 1. The topological polar surface area (TPSA) is 106 Å². The third kappa shape index (κ3) is 4.33. The van der Waals surface area contributed by atoms with E-state index in [1.165, 1.54) is 11.3 Å². The van der Waals surface area contributed by atoms with Crippen LogP contribution >= 0.6 is 34.5 Å². The Kier molecular flexibility index (Phi) is 6.47. The monoisotopic (exact) mass is 624 g/mol. The van der Waals surface area contributed by atoms with Crippen LogP contribution in [0.1, 0.15) is 77.6 Å². The van der Waals surface area contributed by atoms with Crippen LogP contribution in [0.2, 0.25) is 10.0 Å². The molecule has 0 spiro atoms. The lowest BCUT2D eigenvalue weighted by molar-refractivity contribution is -0.148. The minimum atomic E-state index is -0.990. The maximum atomic E-state index is 12.3. The Morgan fingerprint density at radius 1 is 1.07 bits per heavy atom. The van der Waals surface area contributed by atoms with E-state index >= 15 is 0 Å². The molecule has 7 nitrogen and oxygen atoms in total. The second-order valence-electron chi connectivity index (χ2n) is 12.6. The van der Waals surface area contributed by atoms with Gasteiger partial charge in [0.05, 0.1) is 38.5 Å². The summed E-state index contributed by atoms with van der Waals surface area (Å²) in [5.41, 5.74) is 2.30. The van der Waals surface area contributed by atoms with E-state index < -0.39 is 11.6 Å². The number of hydrogen-bond donors (Lipinski definition) is 2. The number of nitrogens with zero attached hydrogens (tertiary/aromatic N) is 2. The Morgan fingerprint density at radius 3 is 2.50 bits per heavy atom. The molecule has 5 aliphatic rings. The first-order valence-corrected chi connectivity index (χ1v) is 16.3. The van der Waals surface area contributed by atoms with Gasteiger partial charge in [-0.25, -0.2) is 9.78 Å². The highest BCUT2D eigenvalue weighted by Gasteiger charge is 2.59. The lowest BCUT2D eigenvalue weighted by atomic mass is 9.58. The number of hydrogen-bond acceptors (Lipinski definition) is 7. The van der Waals surface area contributed by atoms with Crippen molar-refractivity contribution in [3.05, 3.63) is 68.3 Å². The number of ether oxygens (including phenoxy) is 1. The highest BCUT2D eigenvalue weighted by Crippen LogP contribution is 2.61. The summed E-state index contributed by atoms with van der Waals surface area (Å²) in [7, 11) is 0. The smallest absolute Gasteiger partial charge is 0.335 e. The van der Waals surface area contributed by atoms with Crippen molar-refractivity contribution in [2.45, 2.75) is 69.2 Å². The van der Waals surface area contributed by atoms with E-state index in [1.807, 2.05) is 18.2 Å². The standard InChI is InChI=1S/C32H30Cl2N2O5S/c33-22-2-1-3-23(34)27(22)28-21(29(41-36-28)16-4-5-16)14-40-25-10-15-8-19-11-18(25)12-20(9-15)32(19,39)31-35-24-7-6-17(30(37)38)13-26(24)42-31/h1-3,6-7,13,15-16,18-20,25,39H,4-5,8-12,14H2,(H,37,38)/t15?,18?,19-,20+,25?,32?. The van der Waals surface area contributed by atoms with E-state index in [0.29, 0.717) is 45.7 Å². The molecular formula is C32H30Cl2N2O5S. The summed E-state index contributed by atoms with van der Waals surface area (Å²) in [6.45, 7) is 0.392. The Morgan fingerprint density at radius 2 is 1.81 bits per heavy atom. The number of aromatic carboxylic acids is 1. The molecule has 0 saturated heterocycles. The summed E-state index contributed by atoms with van der Waals surface area (Å²) in [5, 5.41) is 28.0. The van der Waals surface area contributed by atoms with Gasteiger partial charge in [0.25, 0.3) is 0 Å². The van der Waals surface area contributed by atoms with Crippen LogP contribution in [0.3, 0.4) is 0 Å². The van der Waals surface area contributed by atoms with Crippen molar-refractivity contribution in [1.29, 1.82) is 0 Å². The van der Waals surface area contributed by atoms with E-state index in [-0.39, 0.29) is 23.5 Å². The number of halogens is 2. The zero-order chi connectivity index (χ0) is 28.7. The van der Waals surface area contributed by atoms with Gasteiger partial charge < -0.3 is 19.5 Å². The Bertz CT molecular complexity index is 1680. The number of fused-ring (bicyclic) bond motifs is 2. The number of carboxylic acids is 1. The number of benzene rings is 2. The summed E-state index contributed by atoms with van der Waals surface area (Å²) < 4.78 is 13.4. The predicted molar refractivity (Wildman–Crippen MR) is 160 cm³/mol. The van der Waals surface area contributed by atoms with Gasteiger partial charge in [-0.15, -0.1) is 11.3 Å². The first-order valence-electron chi connectivity index (χ1n) is 14.7. The Balaban J connectivity index is 1.05. The molecule has 4 unspecified atom stereocenters. The van der Waals surface area contributed by atoms with Gasteiger partial charge in [-0.1, -0.05) is 34.4 Å². The molecule has 4 bridgehead atoms. The number of aromatic nitrogens is 2. The number of aliphatic hydroxyl groups is 1. The number of rotatable bonds is 7. The fraction of sp³-hybridized carbons (Fsp3) is 0.469. The molecule has 2 aromatic heterocycles. The van der Waals surface area contributed by atoms with Gasteiger partial charge in [0, 0.05) is 17.0 Å². The predicted octanol–water partition coefficient (Wildman–Crippen LogP) is 8.06. The van der Waals surface area contributed by atoms with E-state index in [4.69, 9.17) is 37.4 Å². The molecule has 10 heteroatoms. The van der Waals surface area contributed by atoms with E-state index in [9.17, 15) is 15.0 Å². The van der Waals surface area contributed by atoms with Crippen molar-refractivity contribution < 1.29 is 24.3 Å². The minimum absolute atomic E-state index is 0.0829. The quantitative estimate of drug-likeness (QED) is 0.214. The molecular weight excluding hydrogens is 595 g/mol. The Hall–Kier alpha value is -2.49. The first-order chi connectivity index (χ1) is 20.3. The van der Waals surface area contributed by atoms with Gasteiger partial charge in [0.1, 0.15) is 22.1 Å². The molecule has 6 atom stereocenters. The maximum absolute atomic E-state index is 12.3. The van der Waals surface area contributed by atoms with Crippen molar-refractivity contribution in [1.82, 2.24) is 10.1 Å². The molecule has 5 aliphatic carbocycles. The molecule has 2 heterocycles. The summed E-state index contributed by atoms with van der Waals surface area (Å²) in [6.07, 6.45) is 6.87. The minimum Gasteiger partial charge on any atom is -0.478 e. The molecule has 2 N–H and O–H groups in total. The third-order valence-electron chi connectivity index (χ3n) is 10.1. The molecule has 2 aromatic carbocycles. The van der Waals surface area contributed by atoms with Crippen LogP contribution < -0.4 is 0 Å². The van der Waals surface area contributed by atoms with Gasteiger partial charge >= 0.3 is 5.97 Å². The largest absolute Gasteiger partial charge is 0.478 e. The molecule has 5 saturated carbocycles. The van der Waals surface area contributed by atoms with Crippen LogP contribution in [0.5, 0.6) is 0 Å². The maximum Gasteiger partial charge on any atom is 0.335 e. The van der Waals surface area contributed by atoms with Gasteiger partial charge in [-0.3, -0.25) is 0 Å². The molecule has 0 aliphatic heterocycles. The summed E-state index contributed by atoms with van der Waals surface area (Å²) in [5.74, 6) is 1.32. The van der Waals surface area contributed by atoms with Crippen molar-refractivity contribution in [2.24, 2.45) is 23.7 Å². The van der Waals surface area contributed by atoms with Gasteiger partial charge in [0.2, 0.25) is 0 Å². The molecule has 9 rings (SSSR count). The van der Waals surface area contributed by atoms with Crippen molar-refractivity contribution >= 4 is 50.7 Å². The molecule has 42 heavy (non-hydrogen) atoms. The van der Waals surface area contributed by atoms with E-state index in [1.54, 1.807) is 18.2 Å². The van der Waals surface area contributed by atoms with Crippen LogP contribution in [0.15, 0.2) is 40.9 Å². The molecule has 218 valence electrons. The fourth-order valence-electron chi connectivity index (χ4n) is 8.01. The summed E-state index contributed by atoms with van der Waals surface area (Å²) >= 11 is 14.6. The van der Waals surface area contributed by atoms with Crippen molar-refractivity contribution in [2.75, 3.05) is 0 Å². The van der Waals surface area contributed by atoms with Crippen LogP contribution in [0.4, 0.5) is 0 Å². The average molecular weight is 626 g/mol. The molecule has 4 aromatic rings. The van der Waals surface area contributed by atoms with Crippen LogP contribution in [-0.2, 0) is 16.9 Å². The average Bonchev–Trinajstić information content (AvgIpc) is 3.64. The van der Waals surface area contributed by atoms with E-state index in [0.717, 1.165) is 71.5 Å². The highest BCUT2D eigenvalue weighted by atomic mass is 35.5. The number of carbonyl (C=O) groups is 1. The van der Waals surface area contributed by atoms with Crippen molar-refractivity contribution in [3.8, 4) is 11.3 Å². The lowest BCUT2D eigenvalue weighted by Crippen LogP contribution is -2.51. The molecule has 0 radical (unpaired) electrons. The second-order valence-corrected chi connectivity index (χ2v) is 14.5. The van der Waals surface area contributed by atoms with Gasteiger partial charge in [-0.2, -0.15) is 0 Å². The zero-order valence-corrected chi connectivity index (χ0v) is 25.1. The normalized spacial score (nSPS) is 30.2. The van der Waals surface area contributed by atoms with Crippen LogP contribution in [0.25, 0.3) is 21.5 Å². The first kappa shape index (κ1) is 27.1. The number of thiazole rings is 1. The highest BCUT2D eigenvalue weighted by molar-refractivity contribution is 7.18. The van der Waals surface area contributed by atoms with E-state index in [2.05, 4.69) is 5.16 Å². The van der Waals surface area contributed by atoms with Crippen molar-refractivity contribution in [3.63, 3.8) is 0 Å². The second kappa shape index (κ2) is 10.0. The van der Waals surface area contributed by atoms with Gasteiger partial charge in [-0.05, 0) is 98.9 Å². The van der Waals surface area contributed by atoms with Gasteiger partial charge in [0.15, 0.2) is 0 Å². The Labute approximate surface area is 256 Å². The third-order valence-corrected chi connectivity index (χ3v) is 11.9. The van der Waals surface area contributed by atoms with Crippen LogP contribution in [0, 0.1) is 23.7 Å². The lowest BCUT2D eigenvalue weighted by Gasteiger charge is -2.51. The van der Waals surface area contributed by atoms with Crippen LogP contribution in [-0.4, -0.2) is 32.4 Å². The fourth-order valence-corrected chi connectivity index (χ4v) is 9.84. The molecule has 5 fully saturated rings. The zero-order valence-electron chi connectivity index (χ0n) is 22.8. The molecule has 0 amide bonds. The summed E-state index contributed by atoms with van der Waals surface area (Å²) in [4.78, 5) is 16.3. The summed E-state index contributed by atoms with van der Waals surface area (Å²) in [6, 6.07) is 10.5. The SMILES string of the molecule is O=C(O)c1ccc2nc(C3(O)[C@@H]4CC5CC(OCc6c(-c7c(Cl)cccc7Cl)noc6C6CC6)C(C4)C[C@@H]3C5)sc2c1.